The molecule has 0 radical (unpaired) electrons. The lowest BCUT2D eigenvalue weighted by atomic mass is 9.85. The molecule has 6 heteroatoms. The van der Waals surface area contributed by atoms with E-state index < -0.39 is 16.3 Å². The van der Waals surface area contributed by atoms with Gasteiger partial charge in [-0.25, -0.2) is 4.79 Å². The van der Waals surface area contributed by atoms with Gasteiger partial charge in [0.25, 0.3) is 0 Å². The summed E-state index contributed by atoms with van der Waals surface area (Å²) >= 11 is 0. The number of esters is 1. The largest absolute Gasteiger partial charge is 0.459 e. The Kier molecular flexibility index (Phi) is 4.74. The third-order valence-corrected chi connectivity index (χ3v) is 6.62. The molecular formula is C14H23F2NO2S. The molecule has 0 heterocycles. The standard InChI is InChI=1S/C14H23F2NO2S/c1-3-13(18)19-12-8-9-6-10(11(12)7-9)4-5-20(2)14(15,16)17/h3,9-12,20H,1,4-8,17H2,2H3. The summed E-state index contributed by atoms with van der Waals surface area (Å²) in [6, 6.07) is 0. The summed E-state index contributed by atoms with van der Waals surface area (Å²) in [6.07, 6.45) is 6.49. The third-order valence-electron chi connectivity index (χ3n) is 4.67. The molecule has 2 bridgehead atoms. The Morgan fingerprint density at radius 2 is 2.20 bits per heavy atom. The van der Waals surface area contributed by atoms with Crippen LogP contribution in [0.1, 0.15) is 25.7 Å². The molecule has 116 valence electrons. The molecule has 2 N–H and O–H groups in total. The number of hydrogen-bond donors (Lipinski definition) is 2. The van der Waals surface area contributed by atoms with Crippen LogP contribution in [0.25, 0.3) is 0 Å². The van der Waals surface area contributed by atoms with E-state index in [-0.39, 0.29) is 12.1 Å². The number of thiol groups is 1. The second-order valence-corrected chi connectivity index (χ2v) is 8.41. The van der Waals surface area contributed by atoms with Crippen LogP contribution >= 0.6 is 10.9 Å². The van der Waals surface area contributed by atoms with Crippen molar-refractivity contribution >= 4 is 16.9 Å². The molecule has 3 nitrogen and oxygen atoms in total. The zero-order valence-corrected chi connectivity index (χ0v) is 12.6. The average molecular weight is 307 g/mol. The van der Waals surface area contributed by atoms with E-state index in [1.807, 2.05) is 0 Å². The fourth-order valence-corrected chi connectivity index (χ4v) is 4.62. The minimum absolute atomic E-state index is 0.0503. The molecule has 2 rings (SSSR count). The van der Waals surface area contributed by atoms with Crippen molar-refractivity contribution in [2.24, 2.45) is 23.5 Å². The Hall–Kier alpha value is -0.620. The smallest absolute Gasteiger partial charge is 0.332 e. The van der Waals surface area contributed by atoms with E-state index in [4.69, 9.17) is 10.5 Å². The van der Waals surface area contributed by atoms with Crippen LogP contribution < -0.4 is 5.73 Å². The predicted octanol–water partition coefficient (Wildman–Crippen LogP) is 2.66. The number of alkyl halides is 2. The first kappa shape index (κ1) is 15.8. The van der Waals surface area contributed by atoms with Gasteiger partial charge in [0.15, 0.2) is 0 Å². The maximum absolute atomic E-state index is 13.0. The second kappa shape index (κ2) is 6.02. The first-order chi connectivity index (χ1) is 9.31. The second-order valence-electron chi connectivity index (χ2n) is 5.97. The summed E-state index contributed by atoms with van der Waals surface area (Å²) in [5.74, 6) is 1.40. The molecule has 0 aromatic carbocycles. The molecule has 2 fully saturated rings. The zero-order valence-electron chi connectivity index (χ0n) is 11.7. The topological polar surface area (TPSA) is 52.3 Å². The fraction of sp³-hybridized carbons (Fsp3) is 0.786. The van der Waals surface area contributed by atoms with Crippen LogP contribution in [0.5, 0.6) is 0 Å². The number of fused-ring (bicyclic) bond motifs is 2. The highest BCUT2D eigenvalue weighted by molar-refractivity contribution is 8.17. The predicted molar refractivity (Wildman–Crippen MR) is 77.9 cm³/mol. The Morgan fingerprint density at radius 1 is 1.50 bits per heavy atom. The van der Waals surface area contributed by atoms with Crippen molar-refractivity contribution in [1.82, 2.24) is 0 Å². The van der Waals surface area contributed by atoms with Crippen molar-refractivity contribution in [3.05, 3.63) is 12.7 Å². The van der Waals surface area contributed by atoms with E-state index in [2.05, 4.69) is 6.58 Å². The highest BCUT2D eigenvalue weighted by Gasteiger charge is 2.47. The lowest BCUT2D eigenvalue weighted by molar-refractivity contribution is -0.146. The molecule has 0 aromatic heterocycles. The van der Waals surface area contributed by atoms with E-state index in [1.54, 1.807) is 6.26 Å². The molecule has 0 amide bonds. The first-order valence-corrected chi connectivity index (χ1v) is 8.99. The lowest BCUT2D eigenvalue weighted by Gasteiger charge is -2.31. The van der Waals surface area contributed by atoms with E-state index in [9.17, 15) is 13.6 Å². The molecule has 5 atom stereocenters. The van der Waals surface area contributed by atoms with Gasteiger partial charge >= 0.3 is 11.3 Å². The van der Waals surface area contributed by atoms with Gasteiger partial charge in [0.1, 0.15) is 6.10 Å². The molecule has 2 aliphatic rings. The van der Waals surface area contributed by atoms with Gasteiger partial charge in [-0.15, -0.1) is 0 Å². The first-order valence-electron chi connectivity index (χ1n) is 7.02. The monoisotopic (exact) mass is 307 g/mol. The maximum Gasteiger partial charge on any atom is 0.332 e. The third kappa shape index (κ3) is 3.52. The molecule has 0 saturated heterocycles. The SMILES string of the molecule is C=CC(=O)OC1CC2CC(CC[SH](C)C(N)(F)F)C1C2. The summed E-state index contributed by atoms with van der Waals surface area (Å²) in [7, 11) is -1.46. The number of carbonyl (C=O) groups excluding carboxylic acids is 1. The van der Waals surface area contributed by atoms with Crippen LogP contribution in [0.15, 0.2) is 12.7 Å². The number of nitrogens with two attached hydrogens (primary N) is 1. The van der Waals surface area contributed by atoms with Gasteiger partial charge in [-0.05, 0) is 55.4 Å². The average Bonchev–Trinajstić information content (AvgIpc) is 2.93. The quantitative estimate of drug-likeness (QED) is 0.343. The Balaban J connectivity index is 1.85. The van der Waals surface area contributed by atoms with Gasteiger partial charge in [0, 0.05) is 6.08 Å². The molecule has 0 aliphatic heterocycles. The lowest BCUT2D eigenvalue weighted by Crippen LogP contribution is -2.32. The number of rotatable bonds is 6. The van der Waals surface area contributed by atoms with Crippen LogP contribution in [0.3, 0.4) is 0 Å². The normalized spacial score (nSPS) is 34.9. The Morgan fingerprint density at radius 3 is 2.75 bits per heavy atom. The van der Waals surface area contributed by atoms with Gasteiger partial charge in [-0.2, -0.15) is 19.7 Å². The summed E-state index contributed by atoms with van der Waals surface area (Å²) in [6.45, 7) is 3.40. The van der Waals surface area contributed by atoms with E-state index in [0.29, 0.717) is 23.5 Å². The van der Waals surface area contributed by atoms with Crippen molar-refractivity contribution in [1.29, 1.82) is 0 Å². The van der Waals surface area contributed by atoms with Crippen LogP contribution in [0.2, 0.25) is 0 Å². The van der Waals surface area contributed by atoms with Crippen molar-refractivity contribution in [3.8, 4) is 0 Å². The molecule has 20 heavy (non-hydrogen) atoms. The van der Waals surface area contributed by atoms with Crippen molar-refractivity contribution in [3.63, 3.8) is 0 Å². The van der Waals surface area contributed by atoms with E-state index in [1.165, 1.54) is 6.08 Å². The number of carbonyl (C=O) groups is 1. The van der Waals surface area contributed by atoms with Gasteiger partial charge in [0.2, 0.25) is 0 Å². The van der Waals surface area contributed by atoms with Gasteiger partial charge < -0.3 is 4.74 Å². The number of halogens is 2. The van der Waals surface area contributed by atoms with Crippen molar-refractivity contribution in [2.45, 2.75) is 37.2 Å². The number of ether oxygens (including phenoxy) is 1. The zero-order chi connectivity index (χ0) is 14.9. The van der Waals surface area contributed by atoms with Gasteiger partial charge in [-0.1, -0.05) is 6.58 Å². The highest BCUT2D eigenvalue weighted by Crippen LogP contribution is 2.52. The maximum atomic E-state index is 13.0. The van der Waals surface area contributed by atoms with Crippen LogP contribution in [0.4, 0.5) is 8.78 Å². The Bertz CT molecular complexity index is 386. The minimum Gasteiger partial charge on any atom is -0.459 e. The molecular weight excluding hydrogens is 284 g/mol. The molecule has 2 saturated carbocycles. The minimum atomic E-state index is -3.04. The van der Waals surface area contributed by atoms with Crippen molar-refractivity contribution in [2.75, 3.05) is 12.0 Å². The van der Waals surface area contributed by atoms with E-state index in [0.717, 1.165) is 25.7 Å². The molecule has 5 unspecified atom stereocenters. The van der Waals surface area contributed by atoms with Crippen LogP contribution in [0, 0.1) is 17.8 Å². The number of hydrogen-bond acceptors (Lipinski definition) is 3. The Labute approximate surface area is 121 Å². The van der Waals surface area contributed by atoms with Crippen molar-refractivity contribution < 1.29 is 18.3 Å². The summed E-state index contributed by atoms with van der Waals surface area (Å²) in [5, 5.41) is -3.04. The summed E-state index contributed by atoms with van der Waals surface area (Å²) in [4.78, 5) is 11.3. The summed E-state index contributed by atoms with van der Waals surface area (Å²) in [5.41, 5.74) is 4.87. The van der Waals surface area contributed by atoms with E-state index >= 15 is 0 Å². The summed E-state index contributed by atoms with van der Waals surface area (Å²) < 4.78 is 31.4. The van der Waals surface area contributed by atoms with Crippen LogP contribution in [-0.4, -0.2) is 29.5 Å². The van der Waals surface area contributed by atoms with Crippen LogP contribution in [-0.2, 0) is 9.53 Å². The highest BCUT2D eigenvalue weighted by atomic mass is 32.2. The van der Waals surface area contributed by atoms with Gasteiger partial charge in [0.05, 0.1) is 0 Å². The molecule has 2 aliphatic carbocycles. The fourth-order valence-electron chi connectivity index (χ4n) is 3.60. The molecule has 0 spiro atoms. The molecule has 0 aromatic rings. The van der Waals surface area contributed by atoms with Gasteiger partial charge in [-0.3, -0.25) is 5.73 Å².